The molecule has 0 aromatic carbocycles. The summed E-state index contributed by atoms with van der Waals surface area (Å²) < 4.78 is 2.05. The van der Waals surface area contributed by atoms with Gasteiger partial charge in [0.25, 0.3) is 0 Å². The quantitative estimate of drug-likeness (QED) is 0.756. The molecule has 0 aliphatic carbocycles. The number of nitrogens with two attached hydrogens (primary N) is 1. The van der Waals surface area contributed by atoms with Gasteiger partial charge in [0.1, 0.15) is 0 Å². The Balaban J connectivity index is 2.91. The molecule has 1 aromatic heterocycles. The molecule has 0 saturated carbocycles. The second-order valence-electron chi connectivity index (χ2n) is 4.10. The van der Waals surface area contributed by atoms with Crippen LogP contribution in [0.25, 0.3) is 0 Å². The Morgan fingerprint density at radius 2 is 2.31 bits per heavy atom. The van der Waals surface area contributed by atoms with Gasteiger partial charge in [-0.15, -0.1) is 0 Å². The van der Waals surface area contributed by atoms with E-state index in [1.165, 1.54) is 0 Å². The molecule has 90 valence electrons. The second kappa shape index (κ2) is 5.65. The summed E-state index contributed by atoms with van der Waals surface area (Å²) >= 11 is 0. The Bertz CT molecular complexity index is 346. The lowest BCUT2D eigenvalue weighted by molar-refractivity contribution is -0.118. The minimum Gasteiger partial charge on any atom is -0.370 e. The molecule has 16 heavy (non-hydrogen) atoms. The molecule has 1 unspecified atom stereocenters. The van der Waals surface area contributed by atoms with E-state index in [2.05, 4.69) is 28.7 Å². The van der Waals surface area contributed by atoms with Crippen molar-refractivity contribution in [3.8, 4) is 0 Å². The van der Waals surface area contributed by atoms with Crippen molar-refractivity contribution in [3.63, 3.8) is 0 Å². The Morgan fingerprint density at radius 1 is 1.62 bits per heavy atom. The van der Waals surface area contributed by atoms with Gasteiger partial charge in [-0.3, -0.25) is 4.79 Å². The van der Waals surface area contributed by atoms with E-state index in [0.29, 0.717) is 12.5 Å². The number of hydrogen-bond acceptors (Lipinski definition) is 3. The number of imidazole rings is 1. The standard InChI is InChI=1S/C11H20N4O/c1-4-14-9(5-11(12)16)10-6-13-7-15(10)8(2)3/h6-9,14H,4-5H2,1-3H3,(H2,12,16). The molecule has 1 amide bonds. The maximum absolute atomic E-state index is 11.0. The molecule has 1 atom stereocenters. The molecule has 1 aromatic rings. The zero-order valence-electron chi connectivity index (χ0n) is 10.1. The number of carbonyl (C=O) groups is 1. The minimum atomic E-state index is -0.303. The SMILES string of the molecule is CCNC(CC(N)=O)c1cncn1C(C)C. The molecule has 0 bridgehead atoms. The fraction of sp³-hybridized carbons (Fsp3) is 0.636. The van der Waals surface area contributed by atoms with Gasteiger partial charge in [-0.2, -0.15) is 0 Å². The van der Waals surface area contributed by atoms with Crippen molar-refractivity contribution in [2.45, 2.75) is 39.3 Å². The molecule has 0 aliphatic heterocycles. The summed E-state index contributed by atoms with van der Waals surface area (Å²) in [6.07, 6.45) is 3.87. The van der Waals surface area contributed by atoms with Crippen molar-refractivity contribution in [1.82, 2.24) is 14.9 Å². The van der Waals surface area contributed by atoms with Crippen molar-refractivity contribution in [3.05, 3.63) is 18.2 Å². The first-order valence-corrected chi connectivity index (χ1v) is 5.59. The molecule has 0 radical (unpaired) electrons. The predicted octanol–water partition coefficient (Wildman–Crippen LogP) is 0.990. The second-order valence-corrected chi connectivity index (χ2v) is 4.10. The van der Waals surface area contributed by atoms with E-state index in [-0.39, 0.29) is 11.9 Å². The van der Waals surface area contributed by atoms with Crippen molar-refractivity contribution in [2.75, 3.05) is 6.54 Å². The number of amides is 1. The van der Waals surface area contributed by atoms with Crippen LogP contribution >= 0.6 is 0 Å². The van der Waals surface area contributed by atoms with E-state index >= 15 is 0 Å². The van der Waals surface area contributed by atoms with Gasteiger partial charge in [0.2, 0.25) is 5.91 Å². The van der Waals surface area contributed by atoms with Gasteiger partial charge >= 0.3 is 0 Å². The van der Waals surface area contributed by atoms with Gasteiger partial charge in [0.05, 0.1) is 18.1 Å². The number of aromatic nitrogens is 2. The summed E-state index contributed by atoms with van der Waals surface area (Å²) in [5, 5.41) is 3.25. The van der Waals surface area contributed by atoms with Gasteiger partial charge in [-0.25, -0.2) is 4.98 Å². The highest BCUT2D eigenvalue weighted by molar-refractivity contribution is 5.74. The summed E-state index contributed by atoms with van der Waals surface area (Å²) in [5.41, 5.74) is 6.26. The third kappa shape index (κ3) is 3.06. The fourth-order valence-corrected chi connectivity index (χ4v) is 1.75. The smallest absolute Gasteiger partial charge is 0.219 e. The monoisotopic (exact) mass is 224 g/mol. The van der Waals surface area contributed by atoms with Gasteiger partial charge in [-0.05, 0) is 20.4 Å². The molecule has 0 fully saturated rings. The zero-order chi connectivity index (χ0) is 12.1. The topological polar surface area (TPSA) is 72.9 Å². The largest absolute Gasteiger partial charge is 0.370 e. The van der Waals surface area contributed by atoms with Crippen molar-refractivity contribution >= 4 is 5.91 Å². The van der Waals surface area contributed by atoms with E-state index in [1.54, 1.807) is 12.5 Å². The summed E-state index contributed by atoms with van der Waals surface area (Å²) in [5.74, 6) is -0.303. The highest BCUT2D eigenvalue weighted by atomic mass is 16.1. The molecule has 0 saturated heterocycles. The van der Waals surface area contributed by atoms with Crippen LogP contribution in [-0.2, 0) is 4.79 Å². The Labute approximate surface area is 96.0 Å². The van der Waals surface area contributed by atoms with Crippen molar-refractivity contribution in [1.29, 1.82) is 0 Å². The third-order valence-corrected chi connectivity index (χ3v) is 2.47. The van der Waals surface area contributed by atoms with E-state index < -0.39 is 0 Å². The molecule has 5 nitrogen and oxygen atoms in total. The average molecular weight is 224 g/mol. The predicted molar refractivity (Wildman–Crippen MR) is 62.8 cm³/mol. The molecule has 1 rings (SSSR count). The van der Waals surface area contributed by atoms with E-state index in [0.717, 1.165) is 12.2 Å². The average Bonchev–Trinajstić information content (AvgIpc) is 2.64. The van der Waals surface area contributed by atoms with Crippen molar-refractivity contribution in [2.24, 2.45) is 5.73 Å². The number of nitrogens with zero attached hydrogens (tertiary/aromatic N) is 2. The summed E-state index contributed by atoms with van der Waals surface area (Å²) in [4.78, 5) is 15.1. The normalized spacial score (nSPS) is 13.0. The van der Waals surface area contributed by atoms with E-state index in [4.69, 9.17) is 5.73 Å². The minimum absolute atomic E-state index is 0.0487. The van der Waals surface area contributed by atoms with Gasteiger partial charge < -0.3 is 15.6 Å². The van der Waals surface area contributed by atoms with Crippen molar-refractivity contribution < 1.29 is 4.79 Å². The van der Waals surface area contributed by atoms with E-state index in [9.17, 15) is 4.79 Å². The van der Waals surface area contributed by atoms with Gasteiger partial charge in [-0.1, -0.05) is 6.92 Å². The van der Waals surface area contributed by atoms with Crippen LogP contribution in [0.1, 0.15) is 45.0 Å². The molecular weight excluding hydrogens is 204 g/mol. The van der Waals surface area contributed by atoms with Gasteiger partial charge in [0, 0.05) is 18.7 Å². The number of nitrogens with one attached hydrogen (secondary N) is 1. The Morgan fingerprint density at radius 3 is 2.81 bits per heavy atom. The Hall–Kier alpha value is -1.36. The first-order chi connectivity index (χ1) is 7.56. The summed E-state index contributed by atoms with van der Waals surface area (Å²) in [6.45, 7) is 6.96. The molecule has 1 heterocycles. The Kier molecular flexibility index (Phi) is 4.49. The van der Waals surface area contributed by atoms with Crippen LogP contribution < -0.4 is 11.1 Å². The number of rotatable bonds is 6. The van der Waals surface area contributed by atoms with Crippen LogP contribution in [0.2, 0.25) is 0 Å². The lowest BCUT2D eigenvalue weighted by Gasteiger charge is -2.20. The highest BCUT2D eigenvalue weighted by Crippen LogP contribution is 2.19. The maximum atomic E-state index is 11.0. The highest BCUT2D eigenvalue weighted by Gasteiger charge is 2.18. The molecule has 0 spiro atoms. The number of carbonyl (C=O) groups excluding carboxylic acids is 1. The first-order valence-electron chi connectivity index (χ1n) is 5.59. The van der Waals surface area contributed by atoms with E-state index in [1.807, 2.05) is 6.92 Å². The van der Waals surface area contributed by atoms with Crippen LogP contribution in [0.4, 0.5) is 0 Å². The zero-order valence-corrected chi connectivity index (χ0v) is 10.1. The van der Waals surface area contributed by atoms with Gasteiger partial charge in [0.15, 0.2) is 0 Å². The first kappa shape index (κ1) is 12.7. The van der Waals surface area contributed by atoms with Crippen LogP contribution in [-0.4, -0.2) is 22.0 Å². The van der Waals surface area contributed by atoms with Crippen LogP contribution in [0.15, 0.2) is 12.5 Å². The molecule has 0 aliphatic rings. The summed E-state index contributed by atoms with van der Waals surface area (Å²) in [6, 6.07) is 0.277. The maximum Gasteiger partial charge on any atom is 0.219 e. The lowest BCUT2D eigenvalue weighted by Crippen LogP contribution is -2.28. The van der Waals surface area contributed by atoms with Crippen LogP contribution in [0, 0.1) is 0 Å². The lowest BCUT2D eigenvalue weighted by atomic mass is 10.1. The van der Waals surface area contributed by atoms with Crippen LogP contribution in [0.5, 0.6) is 0 Å². The summed E-state index contributed by atoms with van der Waals surface area (Å²) in [7, 11) is 0. The molecular formula is C11H20N4O. The molecule has 5 heteroatoms. The number of primary amides is 1. The fourth-order valence-electron chi connectivity index (χ4n) is 1.75. The van der Waals surface area contributed by atoms with Crippen LogP contribution in [0.3, 0.4) is 0 Å². The third-order valence-electron chi connectivity index (χ3n) is 2.47. The molecule has 3 N–H and O–H groups in total. The number of hydrogen-bond donors (Lipinski definition) is 2.